The molecule has 10 heteroatoms. The zero-order valence-electron chi connectivity index (χ0n) is 20.4. The molecular weight excluding hydrogens is 471 g/mol. The van der Waals surface area contributed by atoms with Crippen LogP contribution in [0.25, 0.3) is 0 Å². The zero-order chi connectivity index (χ0) is 25.2. The fourth-order valence-corrected chi connectivity index (χ4v) is 5.86. The number of nitrogens with zero attached hydrogens (tertiary/aromatic N) is 4. The van der Waals surface area contributed by atoms with E-state index in [9.17, 15) is 17.6 Å². The number of benzene rings is 2. The number of urea groups is 1. The molecule has 2 heterocycles. The van der Waals surface area contributed by atoms with E-state index >= 15 is 0 Å². The van der Waals surface area contributed by atoms with Crippen LogP contribution in [0.3, 0.4) is 0 Å². The van der Waals surface area contributed by atoms with Gasteiger partial charge in [0.2, 0.25) is 10.0 Å². The minimum absolute atomic E-state index is 0.0570. The molecule has 2 fully saturated rings. The second-order valence-electron chi connectivity index (χ2n) is 9.31. The maximum Gasteiger partial charge on any atom is 0.320 e. The minimum Gasteiger partial charge on any atom is -0.494 e. The lowest BCUT2D eigenvalue weighted by molar-refractivity contribution is 0.138. The summed E-state index contributed by atoms with van der Waals surface area (Å²) >= 11 is 0. The van der Waals surface area contributed by atoms with Gasteiger partial charge in [-0.05, 0) is 30.3 Å². The number of methoxy groups -OCH3 is 1. The Kier molecular flexibility index (Phi) is 7.63. The van der Waals surface area contributed by atoms with E-state index in [0.29, 0.717) is 45.8 Å². The molecule has 2 atom stereocenters. The maximum atomic E-state index is 13.9. The predicted octanol–water partition coefficient (Wildman–Crippen LogP) is 2.43. The molecule has 0 bridgehead atoms. The molecule has 4 rings (SSSR count). The summed E-state index contributed by atoms with van der Waals surface area (Å²) in [6, 6.07) is 15.1. The number of piperazine rings is 1. The first-order valence-corrected chi connectivity index (χ1v) is 13.6. The van der Waals surface area contributed by atoms with Crippen molar-refractivity contribution in [1.29, 1.82) is 0 Å². The van der Waals surface area contributed by atoms with E-state index in [1.54, 1.807) is 17.0 Å². The monoisotopic (exact) mass is 504 g/mol. The molecule has 0 saturated carbocycles. The van der Waals surface area contributed by atoms with Gasteiger partial charge in [-0.3, -0.25) is 4.90 Å². The Balaban J connectivity index is 1.49. The Bertz CT molecular complexity index is 1140. The van der Waals surface area contributed by atoms with E-state index in [1.807, 2.05) is 30.1 Å². The van der Waals surface area contributed by atoms with Crippen LogP contribution >= 0.6 is 0 Å². The molecule has 2 aliphatic heterocycles. The lowest BCUT2D eigenvalue weighted by Crippen LogP contribution is -2.53. The van der Waals surface area contributed by atoms with Crippen molar-refractivity contribution in [3.63, 3.8) is 0 Å². The van der Waals surface area contributed by atoms with Crippen molar-refractivity contribution in [1.82, 2.24) is 19.0 Å². The van der Waals surface area contributed by atoms with Crippen molar-refractivity contribution in [2.75, 3.05) is 59.7 Å². The maximum absolute atomic E-state index is 13.9. The van der Waals surface area contributed by atoms with Gasteiger partial charge in [-0.2, -0.15) is 4.31 Å². The molecule has 0 aliphatic carbocycles. The summed E-state index contributed by atoms with van der Waals surface area (Å²) in [4.78, 5) is 19.2. The number of hydrogen-bond acceptors (Lipinski definition) is 5. The Labute approximate surface area is 206 Å². The van der Waals surface area contributed by atoms with Gasteiger partial charge < -0.3 is 14.5 Å². The molecule has 2 amide bonds. The summed E-state index contributed by atoms with van der Waals surface area (Å²) in [7, 11) is 0.221. The standard InChI is InChI=1S/C25H33FN4O4S/c1-27(16-19-9-10-22(26)24(15-19)34-2)23-18-29(17-21(23)20-7-5-4-6-8-20)25(31)28-11-13-30(14-12-28)35(3,32)33/h4-10,15,21,23H,11-14,16-18H2,1-3H3/t21-,23+/m1/s1. The zero-order valence-corrected chi connectivity index (χ0v) is 21.2. The number of halogens is 1. The minimum atomic E-state index is -3.25. The molecule has 2 aliphatic rings. The van der Waals surface area contributed by atoms with Crippen molar-refractivity contribution < 1.29 is 22.3 Å². The smallest absolute Gasteiger partial charge is 0.320 e. The fourth-order valence-electron chi connectivity index (χ4n) is 5.04. The number of ether oxygens (including phenoxy) is 1. The summed E-state index contributed by atoms with van der Waals surface area (Å²) < 4.78 is 44.1. The van der Waals surface area contributed by atoms with Crippen molar-refractivity contribution in [2.24, 2.45) is 0 Å². The van der Waals surface area contributed by atoms with Crippen LogP contribution in [-0.2, 0) is 16.6 Å². The van der Waals surface area contributed by atoms with Crippen molar-refractivity contribution in [2.45, 2.75) is 18.5 Å². The van der Waals surface area contributed by atoms with Crippen LogP contribution in [0.2, 0.25) is 0 Å². The number of carbonyl (C=O) groups excluding carboxylic acids is 1. The van der Waals surface area contributed by atoms with Crippen LogP contribution in [-0.4, -0.2) is 99.2 Å². The molecule has 2 aromatic rings. The van der Waals surface area contributed by atoms with Crippen LogP contribution in [0.4, 0.5) is 9.18 Å². The highest BCUT2D eigenvalue weighted by atomic mass is 32.2. The molecule has 8 nitrogen and oxygen atoms in total. The van der Waals surface area contributed by atoms with Gasteiger partial charge in [0.05, 0.1) is 13.4 Å². The van der Waals surface area contributed by atoms with Crippen LogP contribution in [0.15, 0.2) is 48.5 Å². The number of sulfonamides is 1. The van der Waals surface area contributed by atoms with Gasteiger partial charge in [-0.15, -0.1) is 0 Å². The average molecular weight is 505 g/mol. The van der Waals surface area contributed by atoms with E-state index in [2.05, 4.69) is 17.0 Å². The van der Waals surface area contributed by atoms with Gasteiger partial charge >= 0.3 is 6.03 Å². The molecular formula is C25H33FN4O4S. The Morgan fingerprint density at radius 2 is 1.74 bits per heavy atom. The number of carbonyl (C=O) groups is 1. The number of hydrogen-bond donors (Lipinski definition) is 0. The van der Waals surface area contributed by atoms with Crippen molar-refractivity contribution in [3.8, 4) is 5.75 Å². The molecule has 2 aromatic carbocycles. The normalized spacial score (nSPS) is 21.5. The van der Waals surface area contributed by atoms with Crippen LogP contribution in [0.5, 0.6) is 5.75 Å². The van der Waals surface area contributed by atoms with Crippen LogP contribution in [0.1, 0.15) is 17.0 Å². The summed E-state index contributed by atoms with van der Waals surface area (Å²) in [6.07, 6.45) is 1.20. The molecule has 35 heavy (non-hydrogen) atoms. The van der Waals surface area contributed by atoms with Gasteiger partial charge in [0, 0.05) is 57.8 Å². The van der Waals surface area contributed by atoms with Gasteiger partial charge in [-0.25, -0.2) is 17.6 Å². The molecule has 0 unspecified atom stereocenters. The first-order chi connectivity index (χ1) is 16.7. The number of likely N-dealkylation sites (N-methyl/N-ethyl adjacent to an activating group) is 1. The summed E-state index contributed by atoms with van der Waals surface area (Å²) in [6.45, 7) is 3.12. The molecule has 0 spiro atoms. The first-order valence-electron chi connectivity index (χ1n) is 11.7. The molecule has 2 saturated heterocycles. The lowest BCUT2D eigenvalue weighted by Gasteiger charge is -2.35. The van der Waals surface area contributed by atoms with Gasteiger partial charge in [0.1, 0.15) is 0 Å². The quantitative estimate of drug-likeness (QED) is 0.604. The number of likely N-dealkylation sites (tertiary alicyclic amines) is 1. The Morgan fingerprint density at radius 1 is 1.06 bits per heavy atom. The largest absolute Gasteiger partial charge is 0.494 e. The topological polar surface area (TPSA) is 73.4 Å². The predicted molar refractivity (Wildman–Crippen MR) is 132 cm³/mol. The number of rotatable bonds is 6. The van der Waals surface area contributed by atoms with E-state index in [0.717, 1.165) is 5.56 Å². The van der Waals surface area contributed by atoms with Crippen molar-refractivity contribution >= 4 is 16.1 Å². The third-order valence-electron chi connectivity index (χ3n) is 6.98. The highest BCUT2D eigenvalue weighted by molar-refractivity contribution is 7.88. The summed E-state index contributed by atoms with van der Waals surface area (Å²) in [5.41, 5.74) is 2.09. The van der Waals surface area contributed by atoms with Gasteiger partial charge in [-0.1, -0.05) is 36.4 Å². The highest BCUT2D eigenvalue weighted by Gasteiger charge is 2.40. The fraction of sp³-hybridized carbons (Fsp3) is 0.480. The van der Waals surface area contributed by atoms with E-state index in [4.69, 9.17) is 4.74 Å². The Morgan fingerprint density at radius 3 is 2.37 bits per heavy atom. The van der Waals surface area contributed by atoms with E-state index < -0.39 is 15.8 Å². The van der Waals surface area contributed by atoms with E-state index in [-0.39, 0.29) is 23.7 Å². The highest BCUT2D eigenvalue weighted by Crippen LogP contribution is 2.32. The molecule has 0 N–H and O–H groups in total. The second-order valence-corrected chi connectivity index (χ2v) is 11.3. The third-order valence-corrected chi connectivity index (χ3v) is 8.28. The lowest BCUT2D eigenvalue weighted by atomic mass is 9.93. The first kappa shape index (κ1) is 25.4. The second kappa shape index (κ2) is 10.5. The Hall–Kier alpha value is -2.69. The van der Waals surface area contributed by atoms with E-state index in [1.165, 1.54) is 29.3 Å². The molecule has 190 valence electrons. The molecule has 0 radical (unpaired) electrons. The van der Waals surface area contributed by atoms with Crippen LogP contribution in [0, 0.1) is 5.82 Å². The van der Waals surface area contributed by atoms with Gasteiger partial charge in [0.15, 0.2) is 11.6 Å². The summed E-state index contributed by atoms with van der Waals surface area (Å²) in [5, 5.41) is 0. The van der Waals surface area contributed by atoms with Gasteiger partial charge in [0.25, 0.3) is 0 Å². The van der Waals surface area contributed by atoms with Crippen molar-refractivity contribution in [3.05, 3.63) is 65.5 Å². The number of amides is 2. The SMILES string of the molecule is COc1cc(CN(C)[C@H]2CN(C(=O)N3CCN(S(C)(=O)=O)CC3)C[C@@H]2c2ccccc2)ccc1F. The van der Waals surface area contributed by atoms with Crippen LogP contribution < -0.4 is 4.74 Å². The average Bonchev–Trinajstić information content (AvgIpc) is 3.30. The summed E-state index contributed by atoms with van der Waals surface area (Å²) in [5.74, 6) is -0.0635. The third kappa shape index (κ3) is 5.76. The molecule has 0 aromatic heterocycles.